The fourth-order valence-electron chi connectivity index (χ4n) is 1.91. The summed E-state index contributed by atoms with van der Waals surface area (Å²) in [6.45, 7) is 1.56. The molecular weight excluding hydrogens is 262 g/mol. The third kappa shape index (κ3) is 2.77. The summed E-state index contributed by atoms with van der Waals surface area (Å²) in [5.41, 5.74) is 5.08. The Morgan fingerprint density at radius 1 is 1.10 bits per heavy atom. The van der Waals surface area contributed by atoms with Crippen LogP contribution in [0.4, 0.5) is 14.5 Å². The van der Waals surface area contributed by atoms with Crippen molar-refractivity contribution in [2.75, 3.05) is 5.32 Å². The number of hydrogen-bond acceptors (Lipinski definition) is 2. The number of nitrogens with one attached hydrogen (secondary N) is 1. The zero-order valence-electron chi connectivity index (χ0n) is 10.9. The number of carbonyl (C=O) groups excluding carboxylic acids is 1. The molecule has 1 amide bonds. The summed E-state index contributed by atoms with van der Waals surface area (Å²) in [5.74, 6) is -1.49. The summed E-state index contributed by atoms with van der Waals surface area (Å²) >= 11 is 0. The molecular formula is C15H14F2N2O. The summed E-state index contributed by atoms with van der Waals surface area (Å²) in [5, 5.41) is 2.89. The predicted octanol–water partition coefficient (Wildman–Crippen LogP) is 2.78. The van der Waals surface area contributed by atoms with Gasteiger partial charge in [0.2, 0.25) is 5.91 Å². The van der Waals surface area contributed by atoms with Crippen LogP contribution < -0.4 is 11.1 Å². The van der Waals surface area contributed by atoms with Gasteiger partial charge in [-0.3, -0.25) is 4.79 Å². The molecule has 2 aromatic carbocycles. The summed E-state index contributed by atoms with van der Waals surface area (Å²) in [6, 6.07) is 11.1. The topological polar surface area (TPSA) is 55.1 Å². The Kier molecular flexibility index (Phi) is 3.70. The van der Waals surface area contributed by atoms with Crippen LogP contribution in [0.15, 0.2) is 48.5 Å². The van der Waals surface area contributed by atoms with Crippen molar-refractivity contribution in [1.29, 1.82) is 0 Å². The third-order valence-corrected chi connectivity index (χ3v) is 3.13. The summed E-state index contributed by atoms with van der Waals surface area (Å²) in [7, 11) is 0. The number of hydrogen-bond donors (Lipinski definition) is 2. The van der Waals surface area contributed by atoms with E-state index in [9.17, 15) is 13.6 Å². The Hall–Kier alpha value is -2.43. The van der Waals surface area contributed by atoms with Crippen molar-refractivity contribution in [2.45, 2.75) is 12.5 Å². The van der Waals surface area contributed by atoms with Gasteiger partial charge in [-0.25, -0.2) is 8.78 Å². The molecule has 0 spiro atoms. The predicted molar refractivity (Wildman–Crippen MR) is 73.0 cm³/mol. The fraction of sp³-hybridized carbons (Fsp3) is 0.133. The van der Waals surface area contributed by atoms with E-state index >= 15 is 0 Å². The van der Waals surface area contributed by atoms with E-state index in [4.69, 9.17) is 5.73 Å². The van der Waals surface area contributed by atoms with Crippen LogP contribution >= 0.6 is 0 Å². The monoisotopic (exact) mass is 276 g/mol. The van der Waals surface area contributed by atoms with Gasteiger partial charge < -0.3 is 11.1 Å². The summed E-state index contributed by atoms with van der Waals surface area (Å²) in [6.07, 6.45) is 0. The quantitative estimate of drug-likeness (QED) is 0.902. The third-order valence-electron chi connectivity index (χ3n) is 3.13. The molecule has 104 valence electrons. The summed E-state index contributed by atoms with van der Waals surface area (Å²) in [4.78, 5) is 11.8. The number of halogens is 2. The molecule has 0 heterocycles. The minimum atomic E-state index is -1.26. The zero-order valence-corrected chi connectivity index (χ0v) is 10.9. The number of anilines is 1. The average Bonchev–Trinajstić information content (AvgIpc) is 2.39. The largest absolute Gasteiger partial charge is 0.368 e. The lowest BCUT2D eigenvalue weighted by Gasteiger charge is -2.29. The van der Waals surface area contributed by atoms with Gasteiger partial charge in [-0.1, -0.05) is 18.2 Å². The van der Waals surface area contributed by atoms with Crippen LogP contribution in [-0.4, -0.2) is 5.91 Å². The number of amides is 1. The van der Waals surface area contributed by atoms with Crippen LogP contribution in [0.2, 0.25) is 0 Å². The Morgan fingerprint density at radius 2 is 1.75 bits per heavy atom. The van der Waals surface area contributed by atoms with Gasteiger partial charge in [0.1, 0.15) is 17.2 Å². The van der Waals surface area contributed by atoms with E-state index < -0.39 is 23.1 Å². The highest BCUT2D eigenvalue weighted by Gasteiger charge is 2.33. The van der Waals surface area contributed by atoms with Crippen LogP contribution in [0.5, 0.6) is 0 Å². The van der Waals surface area contributed by atoms with Gasteiger partial charge in [0.05, 0.1) is 0 Å². The van der Waals surface area contributed by atoms with E-state index in [1.54, 1.807) is 13.0 Å². The van der Waals surface area contributed by atoms with Crippen LogP contribution in [0.1, 0.15) is 12.5 Å². The minimum absolute atomic E-state index is 0.411. The van der Waals surface area contributed by atoms with Gasteiger partial charge in [-0.15, -0.1) is 0 Å². The lowest BCUT2D eigenvalue weighted by molar-refractivity contribution is -0.122. The van der Waals surface area contributed by atoms with Crippen molar-refractivity contribution < 1.29 is 13.6 Å². The first-order valence-electron chi connectivity index (χ1n) is 6.01. The highest BCUT2D eigenvalue weighted by molar-refractivity contribution is 5.88. The fourth-order valence-corrected chi connectivity index (χ4v) is 1.91. The normalized spacial score (nSPS) is 13.6. The number of nitrogens with two attached hydrogens (primary N) is 1. The van der Waals surface area contributed by atoms with Crippen molar-refractivity contribution >= 4 is 11.6 Å². The minimum Gasteiger partial charge on any atom is -0.368 e. The van der Waals surface area contributed by atoms with E-state index in [2.05, 4.69) is 5.32 Å². The Bertz CT molecular complexity index is 628. The average molecular weight is 276 g/mol. The molecule has 20 heavy (non-hydrogen) atoms. The molecule has 3 nitrogen and oxygen atoms in total. The molecule has 5 heteroatoms. The summed E-state index contributed by atoms with van der Waals surface area (Å²) < 4.78 is 26.2. The van der Waals surface area contributed by atoms with Gasteiger partial charge in [-0.2, -0.15) is 0 Å². The molecule has 0 aliphatic heterocycles. The highest BCUT2D eigenvalue weighted by atomic mass is 19.1. The molecule has 0 bridgehead atoms. The highest BCUT2D eigenvalue weighted by Crippen LogP contribution is 2.26. The second kappa shape index (κ2) is 5.28. The van der Waals surface area contributed by atoms with Crippen molar-refractivity contribution in [3.05, 3.63) is 65.7 Å². The molecule has 2 rings (SSSR count). The molecule has 0 aromatic heterocycles. The number of carbonyl (C=O) groups is 1. The maximum absolute atomic E-state index is 13.2. The van der Waals surface area contributed by atoms with Crippen LogP contribution in [0, 0.1) is 11.6 Å². The van der Waals surface area contributed by atoms with Crippen molar-refractivity contribution in [1.82, 2.24) is 0 Å². The molecule has 1 atom stereocenters. The smallest absolute Gasteiger partial charge is 0.247 e. The van der Waals surface area contributed by atoms with Gasteiger partial charge in [0.25, 0.3) is 0 Å². The maximum Gasteiger partial charge on any atom is 0.247 e. The molecule has 3 N–H and O–H groups in total. The Morgan fingerprint density at radius 3 is 2.30 bits per heavy atom. The first kappa shape index (κ1) is 14.0. The molecule has 2 aromatic rings. The van der Waals surface area contributed by atoms with Gasteiger partial charge in [0.15, 0.2) is 0 Å². The number of rotatable bonds is 4. The molecule has 0 fully saturated rings. The molecule has 0 aliphatic carbocycles. The first-order chi connectivity index (χ1) is 9.41. The Balaban J connectivity index is 2.39. The Labute approximate surface area is 115 Å². The zero-order chi connectivity index (χ0) is 14.8. The van der Waals surface area contributed by atoms with Gasteiger partial charge in [-0.05, 0) is 42.8 Å². The van der Waals surface area contributed by atoms with E-state index in [1.807, 2.05) is 0 Å². The number of primary amides is 1. The van der Waals surface area contributed by atoms with Gasteiger partial charge >= 0.3 is 0 Å². The maximum atomic E-state index is 13.2. The van der Waals surface area contributed by atoms with Crippen molar-refractivity contribution in [2.24, 2.45) is 5.73 Å². The molecule has 0 saturated heterocycles. The van der Waals surface area contributed by atoms with E-state index in [0.717, 1.165) is 0 Å². The van der Waals surface area contributed by atoms with Gasteiger partial charge in [0, 0.05) is 5.69 Å². The molecule has 0 radical (unpaired) electrons. The van der Waals surface area contributed by atoms with Crippen LogP contribution in [-0.2, 0) is 10.3 Å². The van der Waals surface area contributed by atoms with E-state index in [0.29, 0.717) is 11.3 Å². The molecule has 1 unspecified atom stereocenters. The van der Waals surface area contributed by atoms with Crippen LogP contribution in [0.3, 0.4) is 0 Å². The molecule has 0 aliphatic rings. The first-order valence-corrected chi connectivity index (χ1v) is 6.01. The standard InChI is InChI=1S/C15H14F2N2O/c1-15(14(18)20,10-5-7-11(16)8-6-10)19-13-4-2-3-12(17)9-13/h2-9,19H,1H3,(H2,18,20). The van der Waals surface area contributed by atoms with E-state index in [1.165, 1.54) is 42.5 Å². The van der Waals surface area contributed by atoms with Crippen molar-refractivity contribution in [3.63, 3.8) is 0 Å². The number of benzene rings is 2. The second-order valence-electron chi connectivity index (χ2n) is 4.63. The molecule has 0 saturated carbocycles. The lowest BCUT2D eigenvalue weighted by Crippen LogP contribution is -2.45. The second-order valence-corrected chi connectivity index (χ2v) is 4.63. The SMILES string of the molecule is CC(Nc1cccc(F)c1)(C(N)=O)c1ccc(F)cc1. The van der Waals surface area contributed by atoms with E-state index in [-0.39, 0.29) is 0 Å². The lowest BCUT2D eigenvalue weighted by atomic mass is 9.90. The van der Waals surface area contributed by atoms with Crippen molar-refractivity contribution in [3.8, 4) is 0 Å². The van der Waals surface area contributed by atoms with Crippen LogP contribution in [0.25, 0.3) is 0 Å².